The number of hydrogen-bond donors (Lipinski definition) is 0. The Morgan fingerprint density at radius 1 is 0.692 bits per heavy atom. The second-order valence-electron chi connectivity index (χ2n) is 6.42. The molecule has 26 heavy (non-hydrogen) atoms. The molecule has 0 bridgehead atoms. The van der Waals surface area contributed by atoms with Crippen LogP contribution in [-0.2, 0) is 9.47 Å². The Balaban J connectivity index is 2.01. The Hall–Kier alpha value is -2.80. The van der Waals surface area contributed by atoms with Gasteiger partial charge in [-0.1, -0.05) is 24.3 Å². The maximum Gasteiger partial charge on any atom is 0.103 e. The van der Waals surface area contributed by atoms with Crippen molar-refractivity contribution < 1.29 is 9.47 Å². The Labute approximate surface area is 152 Å². The van der Waals surface area contributed by atoms with Gasteiger partial charge in [0.2, 0.25) is 0 Å². The highest BCUT2D eigenvalue weighted by Gasteiger charge is 2.27. The van der Waals surface area contributed by atoms with Gasteiger partial charge < -0.3 is 19.3 Å². The van der Waals surface area contributed by atoms with E-state index in [1.165, 1.54) is 0 Å². The van der Waals surface area contributed by atoms with Crippen molar-refractivity contribution in [3.8, 4) is 12.1 Å². The van der Waals surface area contributed by atoms with E-state index < -0.39 is 0 Å². The van der Waals surface area contributed by atoms with E-state index in [4.69, 9.17) is 9.47 Å². The Morgan fingerprint density at radius 2 is 1.08 bits per heavy atom. The van der Waals surface area contributed by atoms with Crippen LogP contribution in [0.15, 0.2) is 24.3 Å². The molecule has 2 saturated heterocycles. The molecule has 2 heterocycles. The zero-order valence-corrected chi connectivity index (χ0v) is 14.6. The number of ether oxygens (including phenoxy) is 2. The van der Waals surface area contributed by atoms with Crippen LogP contribution in [0.25, 0.3) is 10.8 Å². The van der Waals surface area contributed by atoms with Gasteiger partial charge in [-0.25, -0.2) is 0 Å². The highest BCUT2D eigenvalue weighted by atomic mass is 16.5. The van der Waals surface area contributed by atoms with Crippen molar-refractivity contribution in [3.05, 3.63) is 35.4 Å². The van der Waals surface area contributed by atoms with Crippen LogP contribution in [0.3, 0.4) is 0 Å². The van der Waals surface area contributed by atoms with Gasteiger partial charge in [-0.05, 0) is 0 Å². The minimum Gasteiger partial charge on any atom is -0.378 e. The summed E-state index contributed by atoms with van der Waals surface area (Å²) in [5.74, 6) is 0. The predicted molar refractivity (Wildman–Crippen MR) is 99.4 cm³/mol. The maximum atomic E-state index is 9.94. The zero-order chi connectivity index (χ0) is 17.9. The van der Waals surface area contributed by atoms with E-state index >= 15 is 0 Å². The van der Waals surface area contributed by atoms with Gasteiger partial charge in [0.15, 0.2) is 0 Å². The molecule has 0 saturated carbocycles. The molecular weight excluding hydrogens is 328 g/mol. The van der Waals surface area contributed by atoms with Gasteiger partial charge in [0, 0.05) is 37.0 Å². The molecule has 0 amide bonds. The van der Waals surface area contributed by atoms with Crippen LogP contribution >= 0.6 is 0 Å². The van der Waals surface area contributed by atoms with Crippen molar-refractivity contribution in [2.45, 2.75) is 0 Å². The summed E-state index contributed by atoms with van der Waals surface area (Å²) in [5, 5.41) is 21.9. The second-order valence-corrected chi connectivity index (χ2v) is 6.42. The van der Waals surface area contributed by atoms with Gasteiger partial charge in [-0.2, -0.15) is 10.5 Å². The number of rotatable bonds is 2. The summed E-state index contributed by atoms with van der Waals surface area (Å²) in [6.07, 6.45) is 0. The normalized spacial score (nSPS) is 17.8. The summed E-state index contributed by atoms with van der Waals surface area (Å²) >= 11 is 0. The summed E-state index contributed by atoms with van der Waals surface area (Å²) in [5.41, 5.74) is 2.66. The van der Waals surface area contributed by atoms with Crippen molar-refractivity contribution >= 4 is 22.1 Å². The third-order valence-electron chi connectivity index (χ3n) is 5.04. The number of nitrogens with zero attached hydrogens (tertiary/aromatic N) is 4. The van der Waals surface area contributed by atoms with Gasteiger partial charge >= 0.3 is 0 Å². The number of morpholine rings is 2. The van der Waals surface area contributed by atoms with Crippen molar-refractivity contribution in [3.63, 3.8) is 0 Å². The van der Waals surface area contributed by atoms with Gasteiger partial charge in [0.1, 0.15) is 12.1 Å². The molecule has 2 fully saturated rings. The van der Waals surface area contributed by atoms with Crippen LogP contribution in [0.2, 0.25) is 0 Å². The van der Waals surface area contributed by atoms with E-state index in [1.54, 1.807) is 0 Å². The predicted octanol–water partition coefficient (Wildman–Crippen LogP) is 2.26. The minimum absolute atomic E-state index is 0.467. The summed E-state index contributed by atoms with van der Waals surface area (Å²) in [4.78, 5) is 4.35. The first-order chi connectivity index (χ1) is 12.8. The molecule has 4 rings (SSSR count). The minimum atomic E-state index is 0.467. The lowest BCUT2D eigenvalue weighted by molar-refractivity contribution is 0.122. The third-order valence-corrected chi connectivity index (χ3v) is 5.04. The molecule has 2 aromatic carbocycles. The van der Waals surface area contributed by atoms with E-state index in [-0.39, 0.29) is 0 Å². The Morgan fingerprint density at radius 3 is 1.42 bits per heavy atom. The molecule has 0 unspecified atom stereocenters. The molecule has 0 spiro atoms. The lowest BCUT2D eigenvalue weighted by atomic mass is 9.94. The van der Waals surface area contributed by atoms with Gasteiger partial charge in [-0.15, -0.1) is 0 Å². The summed E-state index contributed by atoms with van der Waals surface area (Å²) in [7, 11) is 0. The molecule has 132 valence electrons. The lowest BCUT2D eigenvalue weighted by Gasteiger charge is -2.34. The van der Waals surface area contributed by atoms with Crippen molar-refractivity contribution in [2.75, 3.05) is 62.4 Å². The molecule has 6 nitrogen and oxygen atoms in total. The van der Waals surface area contributed by atoms with Crippen LogP contribution in [0, 0.1) is 22.7 Å². The number of anilines is 2. The van der Waals surface area contributed by atoms with Crippen LogP contribution in [0.4, 0.5) is 11.4 Å². The molecule has 0 N–H and O–H groups in total. The number of fused-ring (bicyclic) bond motifs is 1. The number of hydrogen-bond acceptors (Lipinski definition) is 6. The number of benzene rings is 2. The first kappa shape index (κ1) is 16.7. The summed E-state index contributed by atoms with van der Waals surface area (Å²) in [6, 6.07) is 12.7. The molecule has 2 aliphatic heterocycles. The Bertz CT molecular complexity index is 826. The molecule has 2 aliphatic rings. The fourth-order valence-corrected chi connectivity index (χ4v) is 3.85. The van der Waals surface area contributed by atoms with Crippen LogP contribution < -0.4 is 9.80 Å². The monoisotopic (exact) mass is 348 g/mol. The van der Waals surface area contributed by atoms with Crippen LogP contribution in [0.5, 0.6) is 0 Å². The van der Waals surface area contributed by atoms with Crippen LogP contribution in [0.1, 0.15) is 11.1 Å². The average Bonchev–Trinajstić information content (AvgIpc) is 2.73. The number of nitriles is 2. The van der Waals surface area contributed by atoms with Gasteiger partial charge in [0.25, 0.3) is 0 Å². The van der Waals surface area contributed by atoms with Crippen molar-refractivity contribution in [2.24, 2.45) is 0 Å². The molecular formula is C20H20N4O2. The molecule has 0 aliphatic carbocycles. The summed E-state index contributed by atoms with van der Waals surface area (Å²) < 4.78 is 10.9. The highest BCUT2D eigenvalue weighted by Crippen LogP contribution is 2.41. The molecule has 2 aromatic rings. The maximum absolute atomic E-state index is 9.94. The van der Waals surface area contributed by atoms with E-state index in [0.29, 0.717) is 37.6 Å². The highest BCUT2D eigenvalue weighted by molar-refractivity contribution is 6.07. The van der Waals surface area contributed by atoms with Gasteiger partial charge in [-0.3, -0.25) is 0 Å². The smallest absolute Gasteiger partial charge is 0.103 e. The molecule has 0 radical (unpaired) electrons. The SMILES string of the molecule is N#Cc1c(C#N)c(N2CCOCC2)c2ccccc2c1N1CCOCC1. The molecule has 6 heteroatoms. The zero-order valence-electron chi connectivity index (χ0n) is 14.6. The largest absolute Gasteiger partial charge is 0.378 e. The topological polar surface area (TPSA) is 72.5 Å². The fraction of sp³-hybridized carbons (Fsp3) is 0.400. The van der Waals surface area contributed by atoms with Gasteiger partial charge in [0.05, 0.1) is 48.9 Å². The first-order valence-electron chi connectivity index (χ1n) is 8.89. The summed E-state index contributed by atoms with van der Waals surface area (Å²) in [6.45, 7) is 5.42. The quantitative estimate of drug-likeness (QED) is 0.829. The molecule has 0 atom stereocenters. The third kappa shape index (κ3) is 2.74. The van der Waals surface area contributed by atoms with Crippen molar-refractivity contribution in [1.29, 1.82) is 10.5 Å². The van der Waals surface area contributed by atoms with E-state index in [0.717, 1.165) is 48.3 Å². The average molecular weight is 348 g/mol. The van der Waals surface area contributed by atoms with E-state index in [1.807, 2.05) is 24.3 Å². The lowest BCUT2D eigenvalue weighted by Crippen LogP contribution is -2.38. The van der Waals surface area contributed by atoms with Crippen LogP contribution in [-0.4, -0.2) is 52.6 Å². The fourth-order valence-electron chi connectivity index (χ4n) is 3.85. The van der Waals surface area contributed by atoms with Crippen molar-refractivity contribution in [1.82, 2.24) is 0 Å². The first-order valence-corrected chi connectivity index (χ1v) is 8.89. The standard InChI is InChI=1S/C20H20N4O2/c21-13-17-18(14-22)20(24-7-11-26-12-8-24)16-4-2-1-3-15(16)19(17)23-5-9-25-10-6-23/h1-4H,5-12H2. The molecule has 0 aromatic heterocycles. The second kappa shape index (κ2) is 7.21. The van der Waals surface area contributed by atoms with E-state index in [9.17, 15) is 10.5 Å². The van der Waals surface area contributed by atoms with E-state index in [2.05, 4.69) is 21.9 Å². The Kier molecular flexibility index (Phi) is 4.62.